The van der Waals surface area contributed by atoms with E-state index < -0.39 is 5.60 Å². The lowest BCUT2D eigenvalue weighted by Crippen LogP contribution is -2.40. The average molecular weight is 406 g/mol. The van der Waals surface area contributed by atoms with E-state index in [1.807, 2.05) is 32.0 Å². The summed E-state index contributed by atoms with van der Waals surface area (Å²) in [5.74, 6) is 1.24. The first-order valence-electron chi connectivity index (χ1n) is 8.58. The Morgan fingerprint density at radius 1 is 1.26 bits per heavy atom. The summed E-state index contributed by atoms with van der Waals surface area (Å²) in [6, 6.07) is 10.6. The van der Waals surface area contributed by atoms with Crippen LogP contribution < -0.4 is 14.8 Å². The largest absolute Gasteiger partial charge is 0.497 e. The monoisotopic (exact) mass is 405 g/mol. The fourth-order valence-electron chi connectivity index (χ4n) is 3.11. The van der Waals surface area contributed by atoms with Gasteiger partial charge < -0.3 is 14.8 Å². The molecule has 0 spiro atoms. The molecule has 1 amide bonds. The van der Waals surface area contributed by atoms with Gasteiger partial charge in [-0.1, -0.05) is 29.3 Å². The van der Waals surface area contributed by atoms with Gasteiger partial charge in [0.1, 0.15) is 17.1 Å². The third-order valence-corrected chi connectivity index (χ3v) is 4.93. The van der Waals surface area contributed by atoms with Gasteiger partial charge >= 0.3 is 0 Å². The van der Waals surface area contributed by atoms with Gasteiger partial charge in [0.05, 0.1) is 13.2 Å². The molecule has 0 fully saturated rings. The molecule has 1 aliphatic heterocycles. The van der Waals surface area contributed by atoms with Gasteiger partial charge in [-0.2, -0.15) is 0 Å². The number of hydrogen-bond donors (Lipinski definition) is 1. The molecule has 0 radical (unpaired) electrons. The van der Waals surface area contributed by atoms with Crippen molar-refractivity contribution in [2.45, 2.75) is 31.9 Å². The second-order valence-corrected chi connectivity index (χ2v) is 7.87. The number of amides is 1. The number of methoxy groups -OCH3 is 1. The summed E-state index contributed by atoms with van der Waals surface area (Å²) in [4.78, 5) is 12.5. The first-order chi connectivity index (χ1) is 12.8. The predicted molar refractivity (Wildman–Crippen MR) is 109 cm³/mol. The van der Waals surface area contributed by atoms with Crippen molar-refractivity contribution in [2.75, 3.05) is 7.11 Å². The van der Waals surface area contributed by atoms with Crippen LogP contribution in [-0.4, -0.2) is 18.6 Å². The highest BCUT2D eigenvalue weighted by Gasteiger charge is 2.34. The van der Waals surface area contributed by atoms with E-state index in [1.54, 1.807) is 31.4 Å². The second kappa shape index (κ2) is 7.83. The van der Waals surface area contributed by atoms with Crippen molar-refractivity contribution in [3.05, 3.63) is 63.6 Å². The summed E-state index contributed by atoms with van der Waals surface area (Å²) < 4.78 is 11.3. The van der Waals surface area contributed by atoms with Gasteiger partial charge in [-0.25, -0.2) is 0 Å². The van der Waals surface area contributed by atoms with Crippen LogP contribution in [0, 0.1) is 0 Å². The molecular weight excluding hydrogens is 385 g/mol. The van der Waals surface area contributed by atoms with E-state index in [0.717, 1.165) is 16.9 Å². The molecule has 6 heteroatoms. The number of benzene rings is 2. The van der Waals surface area contributed by atoms with Crippen LogP contribution in [0.2, 0.25) is 10.0 Å². The minimum atomic E-state index is -0.402. The first-order valence-corrected chi connectivity index (χ1v) is 9.33. The molecule has 0 aliphatic carbocycles. The molecule has 0 unspecified atom stereocenters. The molecule has 0 saturated heterocycles. The maximum atomic E-state index is 12.5. The van der Waals surface area contributed by atoms with Crippen LogP contribution in [0.15, 0.2) is 42.5 Å². The van der Waals surface area contributed by atoms with Crippen molar-refractivity contribution in [3.63, 3.8) is 0 Å². The number of rotatable bonds is 4. The molecule has 1 heterocycles. The molecule has 2 aromatic carbocycles. The zero-order chi connectivity index (χ0) is 19.6. The number of carbonyl (C=O) groups excluding carboxylic acids is 1. The topological polar surface area (TPSA) is 47.6 Å². The van der Waals surface area contributed by atoms with Gasteiger partial charge in [0.2, 0.25) is 5.91 Å². The third kappa shape index (κ3) is 4.76. The van der Waals surface area contributed by atoms with Gasteiger partial charge in [0, 0.05) is 34.2 Å². The van der Waals surface area contributed by atoms with Crippen LogP contribution in [0.3, 0.4) is 0 Å². The molecular formula is C21H21Cl2NO3. The third-order valence-electron chi connectivity index (χ3n) is 4.37. The molecule has 1 aliphatic rings. The number of halogens is 2. The molecule has 0 bridgehead atoms. The Morgan fingerprint density at radius 2 is 2.04 bits per heavy atom. The van der Waals surface area contributed by atoms with Crippen LogP contribution in [-0.2, 0) is 4.79 Å². The van der Waals surface area contributed by atoms with E-state index in [4.69, 9.17) is 32.7 Å². The van der Waals surface area contributed by atoms with Crippen LogP contribution in [0.5, 0.6) is 11.5 Å². The minimum Gasteiger partial charge on any atom is -0.497 e. The van der Waals surface area contributed by atoms with Gasteiger partial charge in [-0.05, 0) is 49.8 Å². The summed E-state index contributed by atoms with van der Waals surface area (Å²) in [7, 11) is 1.61. The maximum Gasteiger partial charge on any atom is 0.244 e. The molecule has 0 saturated carbocycles. The molecule has 27 heavy (non-hydrogen) atoms. The van der Waals surface area contributed by atoms with Crippen LogP contribution in [0.25, 0.3) is 6.08 Å². The van der Waals surface area contributed by atoms with Crippen LogP contribution >= 0.6 is 23.2 Å². The SMILES string of the molecule is COc1ccc2c(c1)OC(C)(C)C[C@H]2NC(=O)/C=C/c1ccc(Cl)cc1Cl. The number of nitrogens with one attached hydrogen (secondary N) is 1. The van der Waals surface area contributed by atoms with E-state index in [2.05, 4.69) is 5.32 Å². The van der Waals surface area contributed by atoms with Crippen molar-refractivity contribution < 1.29 is 14.3 Å². The standard InChI is InChI=1S/C21H21Cl2NO3/c1-21(2)12-18(16-8-7-15(26-3)11-19(16)27-21)24-20(25)9-5-13-4-6-14(22)10-17(13)23/h4-11,18H,12H2,1-3H3,(H,24,25)/b9-5+/t18-/m1/s1. The normalized spacial score (nSPS) is 17.9. The van der Waals surface area contributed by atoms with Gasteiger partial charge in [0.25, 0.3) is 0 Å². The van der Waals surface area contributed by atoms with E-state index in [-0.39, 0.29) is 11.9 Å². The second-order valence-electron chi connectivity index (χ2n) is 7.03. The lowest BCUT2D eigenvalue weighted by Gasteiger charge is -2.37. The van der Waals surface area contributed by atoms with E-state index in [9.17, 15) is 4.79 Å². The zero-order valence-electron chi connectivity index (χ0n) is 15.4. The van der Waals surface area contributed by atoms with Crippen molar-refractivity contribution in [2.24, 2.45) is 0 Å². The maximum absolute atomic E-state index is 12.5. The minimum absolute atomic E-state index is 0.160. The van der Waals surface area contributed by atoms with Crippen molar-refractivity contribution in [1.82, 2.24) is 5.32 Å². The summed E-state index contributed by atoms with van der Waals surface area (Å²) in [5.41, 5.74) is 1.26. The lowest BCUT2D eigenvalue weighted by molar-refractivity contribution is -0.117. The van der Waals surface area contributed by atoms with E-state index >= 15 is 0 Å². The first kappa shape index (κ1) is 19.6. The molecule has 0 aromatic heterocycles. The Morgan fingerprint density at radius 3 is 2.74 bits per heavy atom. The zero-order valence-corrected chi connectivity index (χ0v) is 16.9. The highest BCUT2D eigenvalue weighted by molar-refractivity contribution is 6.35. The molecule has 3 rings (SSSR count). The Labute approximate surface area is 169 Å². The molecule has 142 valence electrons. The van der Waals surface area contributed by atoms with E-state index in [1.165, 1.54) is 6.08 Å². The highest BCUT2D eigenvalue weighted by Crippen LogP contribution is 2.41. The summed E-state index contributed by atoms with van der Waals surface area (Å²) in [5, 5.41) is 4.10. The lowest BCUT2D eigenvalue weighted by atomic mass is 9.89. The average Bonchev–Trinajstić information content (AvgIpc) is 2.59. The Kier molecular flexibility index (Phi) is 5.68. The smallest absolute Gasteiger partial charge is 0.244 e. The van der Waals surface area contributed by atoms with Crippen molar-refractivity contribution >= 4 is 35.2 Å². The van der Waals surface area contributed by atoms with Crippen molar-refractivity contribution in [3.8, 4) is 11.5 Å². The number of ether oxygens (including phenoxy) is 2. The number of hydrogen-bond acceptors (Lipinski definition) is 3. The number of carbonyl (C=O) groups is 1. The summed E-state index contributed by atoms with van der Waals surface area (Å²) in [6.45, 7) is 4.00. The Hall–Kier alpha value is -2.17. The number of fused-ring (bicyclic) bond motifs is 1. The van der Waals surface area contributed by atoms with Gasteiger partial charge in [-0.3, -0.25) is 4.79 Å². The predicted octanol–water partition coefficient (Wildman–Crippen LogP) is 5.43. The van der Waals surface area contributed by atoms with Crippen LogP contribution in [0.1, 0.15) is 37.4 Å². The fourth-order valence-corrected chi connectivity index (χ4v) is 3.58. The van der Waals surface area contributed by atoms with Gasteiger partial charge in [0.15, 0.2) is 0 Å². The summed E-state index contributed by atoms with van der Waals surface area (Å²) >= 11 is 12.0. The van der Waals surface area contributed by atoms with E-state index in [0.29, 0.717) is 22.2 Å². The highest BCUT2D eigenvalue weighted by atomic mass is 35.5. The Balaban J connectivity index is 1.78. The quantitative estimate of drug-likeness (QED) is 0.689. The Bertz CT molecular complexity index is 893. The molecule has 4 nitrogen and oxygen atoms in total. The van der Waals surface area contributed by atoms with Crippen LogP contribution in [0.4, 0.5) is 0 Å². The molecule has 2 aromatic rings. The molecule has 1 N–H and O–H groups in total. The molecule has 1 atom stereocenters. The summed E-state index contributed by atoms with van der Waals surface area (Å²) in [6.07, 6.45) is 3.81. The van der Waals surface area contributed by atoms with Gasteiger partial charge in [-0.15, -0.1) is 0 Å². The fraction of sp³-hybridized carbons (Fsp3) is 0.286. The van der Waals surface area contributed by atoms with Crippen molar-refractivity contribution in [1.29, 1.82) is 0 Å².